The fourth-order valence-electron chi connectivity index (χ4n) is 2.17. The van der Waals surface area contributed by atoms with E-state index in [0.717, 1.165) is 6.54 Å². The Hall–Kier alpha value is -0.970. The van der Waals surface area contributed by atoms with E-state index in [9.17, 15) is 5.11 Å². The van der Waals surface area contributed by atoms with Gasteiger partial charge in [-0.05, 0) is 25.6 Å². The number of aliphatic hydroxyl groups is 1. The summed E-state index contributed by atoms with van der Waals surface area (Å²) >= 11 is 0. The highest BCUT2D eigenvalue weighted by molar-refractivity contribution is 5.13. The van der Waals surface area contributed by atoms with Crippen molar-refractivity contribution in [3.63, 3.8) is 0 Å². The SMILES string of the molecule is CC(c1cccnc1)N(C)CC1(CO)COC1. The zero-order chi connectivity index (χ0) is 12.3. The number of hydrogen-bond acceptors (Lipinski definition) is 4. The van der Waals surface area contributed by atoms with Crippen LogP contribution >= 0.6 is 0 Å². The molecular weight excluding hydrogens is 216 g/mol. The lowest BCUT2D eigenvalue weighted by atomic mass is 9.86. The van der Waals surface area contributed by atoms with Crippen molar-refractivity contribution in [3.8, 4) is 0 Å². The van der Waals surface area contributed by atoms with Gasteiger partial charge in [0, 0.05) is 25.0 Å². The topological polar surface area (TPSA) is 45.6 Å². The van der Waals surface area contributed by atoms with E-state index in [1.165, 1.54) is 5.56 Å². The number of hydrogen-bond donors (Lipinski definition) is 1. The van der Waals surface area contributed by atoms with E-state index in [-0.39, 0.29) is 12.0 Å². The lowest BCUT2D eigenvalue weighted by Crippen LogP contribution is -2.52. The van der Waals surface area contributed by atoms with Gasteiger partial charge in [0.1, 0.15) is 0 Å². The molecule has 1 aliphatic rings. The normalized spacial score (nSPS) is 20.0. The molecule has 2 heterocycles. The Kier molecular flexibility index (Phi) is 3.76. The Balaban J connectivity index is 1.98. The predicted octanol–water partition coefficient (Wildman–Crippen LogP) is 1.08. The van der Waals surface area contributed by atoms with Crippen LogP contribution in [0.2, 0.25) is 0 Å². The van der Waals surface area contributed by atoms with Crippen LogP contribution in [-0.4, -0.2) is 48.4 Å². The van der Waals surface area contributed by atoms with Gasteiger partial charge in [0.15, 0.2) is 0 Å². The Bertz CT molecular complexity index is 346. The highest BCUT2D eigenvalue weighted by Crippen LogP contribution is 2.30. The minimum atomic E-state index is -0.0643. The number of aromatic nitrogens is 1. The van der Waals surface area contributed by atoms with Crippen LogP contribution in [0.5, 0.6) is 0 Å². The van der Waals surface area contributed by atoms with E-state index in [0.29, 0.717) is 19.3 Å². The average molecular weight is 236 g/mol. The lowest BCUT2D eigenvalue weighted by Gasteiger charge is -2.43. The van der Waals surface area contributed by atoms with Crippen LogP contribution < -0.4 is 0 Å². The van der Waals surface area contributed by atoms with Crippen molar-refractivity contribution in [1.82, 2.24) is 9.88 Å². The fraction of sp³-hybridized carbons (Fsp3) is 0.615. The van der Waals surface area contributed by atoms with Crippen molar-refractivity contribution in [3.05, 3.63) is 30.1 Å². The molecule has 0 spiro atoms. The maximum atomic E-state index is 9.42. The third-order valence-corrected chi connectivity index (χ3v) is 3.56. The highest BCUT2D eigenvalue weighted by Gasteiger charge is 2.39. The second kappa shape index (κ2) is 5.12. The number of nitrogens with zero attached hydrogens (tertiary/aromatic N) is 2. The van der Waals surface area contributed by atoms with Crippen LogP contribution in [0.25, 0.3) is 0 Å². The molecule has 1 N–H and O–H groups in total. The minimum Gasteiger partial charge on any atom is -0.396 e. The maximum absolute atomic E-state index is 9.42. The molecule has 1 fully saturated rings. The molecule has 1 aliphatic heterocycles. The molecule has 0 saturated carbocycles. The summed E-state index contributed by atoms with van der Waals surface area (Å²) in [6, 6.07) is 4.33. The van der Waals surface area contributed by atoms with E-state index in [1.54, 1.807) is 6.20 Å². The first kappa shape index (κ1) is 12.5. The molecule has 4 nitrogen and oxygen atoms in total. The number of aliphatic hydroxyl groups excluding tert-OH is 1. The Morgan fingerprint density at radius 2 is 2.35 bits per heavy atom. The summed E-state index contributed by atoms with van der Waals surface area (Å²) in [6.07, 6.45) is 3.68. The van der Waals surface area contributed by atoms with Crippen LogP contribution in [0.3, 0.4) is 0 Å². The summed E-state index contributed by atoms with van der Waals surface area (Å²) in [5.74, 6) is 0. The van der Waals surface area contributed by atoms with Gasteiger partial charge in [-0.2, -0.15) is 0 Å². The summed E-state index contributed by atoms with van der Waals surface area (Å²) in [7, 11) is 2.08. The number of ether oxygens (including phenoxy) is 1. The second-order valence-electron chi connectivity index (χ2n) is 5.03. The third-order valence-electron chi connectivity index (χ3n) is 3.56. The van der Waals surface area contributed by atoms with Crippen molar-refractivity contribution < 1.29 is 9.84 Å². The predicted molar refractivity (Wildman–Crippen MR) is 65.6 cm³/mol. The molecule has 0 amide bonds. The monoisotopic (exact) mass is 236 g/mol. The summed E-state index contributed by atoms with van der Waals surface area (Å²) in [4.78, 5) is 6.38. The van der Waals surface area contributed by atoms with Gasteiger partial charge in [-0.3, -0.25) is 9.88 Å². The van der Waals surface area contributed by atoms with E-state index >= 15 is 0 Å². The number of pyridine rings is 1. The molecule has 1 aromatic rings. The second-order valence-corrected chi connectivity index (χ2v) is 5.03. The van der Waals surface area contributed by atoms with Crippen molar-refractivity contribution in [2.75, 3.05) is 33.4 Å². The smallest absolute Gasteiger partial charge is 0.0579 e. The zero-order valence-corrected chi connectivity index (χ0v) is 10.5. The first-order valence-corrected chi connectivity index (χ1v) is 5.96. The quantitative estimate of drug-likeness (QED) is 0.831. The summed E-state index contributed by atoms with van der Waals surface area (Å²) in [5, 5.41) is 9.42. The molecule has 94 valence electrons. The third kappa shape index (κ3) is 2.65. The fourth-order valence-corrected chi connectivity index (χ4v) is 2.17. The van der Waals surface area contributed by atoms with E-state index in [4.69, 9.17) is 4.74 Å². The van der Waals surface area contributed by atoms with E-state index in [2.05, 4.69) is 29.9 Å². The van der Waals surface area contributed by atoms with Crippen molar-refractivity contribution in [2.45, 2.75) is 13.0 Å². The van der Waals surface area contributed by atoms with Crippen LogP contribution in [-0.2, 0) is 4.74 Å². The van der Waals surface area contributed by atoms with Crippen LogP contribution in [0.15, 0.2) is 24.5 Å². The van der Waals surface area contributed by atoms with Crippen LogP contribution in [0, 0.1) is 5.41 Å². The van der Waals surface area contributed by atoms with Gasteiger partial charge in [-0.1, -0.05) is 6.07 Å². The molecule has 1 atom stereocenters. The zero-order valence-electron chi connectivity index (χ0n) is 10.5. The maximum Gasteiger partial charge on any atom is 0.0579 e. The van der Waals surface area contributed by atoms with Crippen molar-refractivity contribution in [1.29, 1.82) is 0 Å². The van der Waals surface area contributed by atoms with Gasteiger partial charge in [0.25, 0.3) is 0 Å². The molecule has 2 rings (SSSR count). The molecule has 17 heavy (non-hydrogen) atoms. The van der Waals surface area contributed by atoms with Gasteiger partial charge >= 0.3 is 0 Å². The first-order valence-electron chi connectivity index (χ1n) is 5.96. The molecule has 1 unspecified atom stereocenters. The molecule has 1 aromatic heterocycles. The van der Waals surface area contributed by atoms with E-state index in [1.807, 2.05) is 12.3 Å². The summed E-state index contributed by atoms with van der Waals surface area (Å²) in [5.41, 5.74) is 1.13. The van der Waals surface area contributed by atoms with E-state index < -0.39 is 0 Å². The van der Waals surface area contributed by atoms with Crippen LogP contribution in [0.1, 0.15) is 18.5 Å². The lowest BCUT2D eigenvalue weighted by molar-refractivity contribution is -0.149. The molecule has 0 aromatic carbocycles. The molecule has 0 radical (unpaired) electrons. The molecule has 1 saturated heterocycles. The van der Waals surface area contributed by atoms with Gasteiger partial charge in [-0.25, -0.2) is 0 Å². The number of rotatable bonds is 5. The molecular formula is C13H20N2O2. The minimum absolute atomic E-state index is 0.0643. The Morgan fingerprint density at radius 1 is 1.59 bits per heavy atom. The summed E-state index contributed by atoms with van der Waals surface area (Å²) < 4.78 is 5.22. The average Bonchev–Trinajstić information content (AvgIpc) is 2.33. The highest BCUT2D eigenvalue weighted by atomic mass is 16.5. The Morgan fingerprint density at radius 3 is 2.82 bits per heavy atom. The first-order chi connectivity index (χ1) is 8.17. The van der Waals surface area contributed by atoms with Crippen molar-refractivity contribution in [2.24, 2.45) is 5.41 Å². The van der Waals surface area contributed by atoms with Crippen molar-refractivity contribution >= 4 is 0 Å². The van der Waals surface area contributed by atoms with Gasteiger partial charge in [0.2, 0.25) is 0 Å². The Labute approximate surface area is 102 Å². The van der Waals surface area contributed by atoms with Gasteiger partial charge in [0.05, 0.1) is 25.2 Å². The standard InChI is InChI=1S/C13H20N2O2/c1-11(12-4-3-5-14-6-12)15(2)7-13(8-16)9-17-10-13/h3-6,11,16H,7-10H2,1-2H3. The van der Waals surface area contributed by atoms with Crippen LogP contribution in [0.4, 0.5) is 0 Å². The molecule has 0 aliphatic carbocycles. The molecule has 4 heteroatoms. The molecule has 0 bridgehead atoms. The van der Waals surface area contributed by atoms with Gasteiger partial charge < -0.3 is 9.84 Å². The van der Waals surface area contributed by atoms with Gasteiger partial charge in [-0.15, -0.1) is 0 Å². The largest absolute Gasteiger partial charge is 0.396 e. The summed E-state index contributed by atoms with van der Waals surface area (Å²) in [6.45, 7) is 4.51.